The maximum atomic E-state index is 12.2. The van der Waals surface area contributed by atoms with Gasteiger partial charge in [0.05, 0.1) is 6.04 Å². The maximum Gasteiger partial charge on any atom is 0.240 e. The summed E-state index contributed by atoms with van der Waals surface area (Å²) < 4.78 is 0.995. The van der Waals surface area contributed by atoms with Crippen molar-refractivity contribution in [1.82, 2.24) is 10.6 Å². The van der Waals surface area contributed by atoms with E-state index < -0.39 is 11.9 Å². The smallest absolute Gasteiger partial charge is 0.240 e. The molecule has 0 saturated heterocycles. The lowest BCUT2D eigenvalue weighted by atomic mass is 10.1. The summed E-state index contributed by atoms with van der Waals surface area (Å²) in [5.41, 5.74) is 7.36. The third-order valence-electron chi connectivity index (χ3n) is 4.32. The Kier molecular flexibility index (Phi) is 8.43. The lowest BCUT2D eigenvalue weighted by Gasteiger charge is -2.17. The van der Waals surface area contributed by atoms with E-state index in [1.54, 1.807) is 0 Å². The number of nitrogens with one attached hydrogen (secondary N) is 2. The minimum absolute atomic E-state index is 0.0109. The number of benzene rings is 2. The number of carbonyl (C=O) groups excluding carboxylic acids is 3. The average Bonchev–Trinajstić information content (AvgIpc) is 2.68. The molecule has 0 unspecified atom stereocenters. The van der Waals surface area contributed by atoms with Gasteiger partial charge in [-0.3, -0.25) is 14.4 Å². The predicted octanol–water partition coefficient (Wildman–Crippen LogP) is 2.46. The number of hydrogen-bond acceptors (Lipinski definition) is 3. The summed E-state index contributed by atoms with van der Waals surface area (Å²) in [6.07, 6.45) is 0.345. The monoisotopic (exact) mass is 493 g/mol. The molecule has 0 aromatic heterocycles. The molecule has 0 bridgehead atoms. The third-order valence-corrected chi connectivity index (χ3v) is 5.37. The highest BCUT2D eigenvalue weighted by Crippen LogP contribution is 2.14. The van der Waals surface area contributed by atoms with E-state index >= 15 is 0 Å². The molecule has 4 N–H and O–H groups in total. The number of halogens is 1. The van der Waals surface area contributed by atoms with Crippen molar-refractivity contribution < 1.29 is 14.4 Å². The standard InChI is InChI=1S/C21H24IN3O3/c1-14(15-7-3-2-4-8-15)24-19(26)11-12-20(27)25-18(21(23)28)13-16-9-5-6-10-17(16)22/h2-10,14,18H,11-13H2,1H3,(H2,23,28)(H,24,26)(H,25,27)/t14-,18-/m1/s1. The van der Waals surface area contributed by atoms with Crippen LogP contribution in [0.5, 0.6) is 0 Å². The Hall–Kier alpha value is -2.42. The Bertz CT molecular complexity index is 827. The van der Waals surface area contributed by atoms with E-state index in [0.717, 1.165) is 14.7 Å². The molecule has 0 aliphatic rings. The molecule has 0 radical (unpaired) electrons. The molecule has 0 saturated carbocycles. The molecule has 3 amide bonds. The van der Waals surface area contributed by atoms with Crippen molar-refractivity contribution in [3.63, 3.8) is 0 Å². The third kappa shape index (κ3) is 6.95. The van der Waals surface area contributed by atoms with Crippen LogP contribution in [0, 0.1) is 3.57 Å². The van der Waals surface area contributed by atoms with Crippen molar-refractivity contribution >= 4 is 40.3 Å². The first-order valence-corrected chi connectivity index (χ1v) is 10.1. The molecule has 0 heterocycles. The fourth-order valence-corrected chi connectivity index (χ4v) is 3.35. The number of amides is 3. The number of carbonyl (C=O) groups is 3. The van der Waals surface area contributed by atoms with Crippen molar-refractivity contribution in [1.29, 1.82) is 0 Å². The van der Waals surface area contributed by atoms with Gasteiger partial charge in [0, 0.05) is 22.8 Å². The predicted molar refractivity (Wildman–Crippen MR) is 116 cm³/mol. The summed E-state index contributed by atoms with van der Waals surface area (Å²) in [4.78, 5) is 36.0. The number of nitrogens with two attached hydrogens (primary N) is 1. The van der Waals surface area contributed by atoms with Gasteiger partial charge < -0.3 is 16.4 Å². The Morgan fingerprint density at radius 3 is 2.11 bits per heavy atom. The molecule has 2 aromatic carbocycles. The van der Waals surface area contributed by atoms with Crippen LogP contribution in [0.4, 0.5) is 0 Å². The Balaban J connectivity index is 1.83. The summed E-state index contributed by atoms with van der Waals surface area (Å²) in [5.74, 6) is -1.20. The zero-order valence-electron chi connectivity index (χ0n) is 15.7. The van der Waals surface area contributed by atoms with Crippen LogP contribution in [0.25, 0.3) is 0 Å². The summed E-state index contributed by atoms with van der Waals surface area (Å²) in [5, 5.41) is 5.50. The fourth-order valence-electron chi connectivity index (χ4n) is 2.74. The fraction of sp³-hybridized carbons (Fsp3) is 0.286. The van der Waals surface area contributed by atoms with Gasteiger partial charge in [0.2, 0.25) is 17.7 Å². The molecular formula is C21H24IN3O3. The van der Waals surface area contributed by atoms with E-state index in [0.29, 0.717) is 6.42 Å². The zero-order chi connectivity index (χ0) is 20.5. The molecule has 0 spiro atoms. The van der Waals surface area contributed by atoms with Crippen LogP contribution in [0.1, 0.15) is 36.9 Å². The van der Waals surface area contributed by atoms with Crippen molar-refractivity contribution in [2.45, 2.75) is 38.3 Å². The van der Waals surface area contributed by atoms with Crippen LogP contribution in [0.15, 0.2) is 54.6 Å². The largest absolute Gasteiger partial charge is 0.368 e. The highest BCUT2D eigenvalue weighted by Gasteiger charge is 2.20. The molecule has 28 heavy (non-hydrogen) atoms. The Morgan fingerprint density at radius 2 is 1.50 bits per heavy atom. The van der Waals surface area contributed by atoms with E-state index in [1.165, 1.54) is 0 Å². The first kappa shape index (κ1) is 21.9. The van der Waals surface area contributed by atoms with Crippen LogP contribution >= 0.6 is 22.6 Å². The molecular weight excluding hydrogens is 469 g/mol. The second-order valence-electron chi connectivity index (χ2n) is 6.52. The highest BCUT2D eigenvalue weighted by atomic mass is 127. The molecule has 0 aliphatic carbocycles. The van der Waals surface area contributed by atoms with Gasteiger partial charge in [0.15, 0.2) is 0 Å². The van der Waals surface area contributed by atoms with Crippen molar-refractivity contribution in [3.05, 3.63) is 69.3 Å². The first-order valence-electron chi connectivity index (χ1n) is 9.03. The molecule has 0 aliphatic heterocycles. The SMILES string of the molecule is C[C@@H](NC(=O)CCC(=O)N[C@H](Cc1ccccc1I)C(N)=O)c1ccccc1. The van der Waals surface area contributed by atoms with Gasteiger partial charge in [-0.05, 0) is 46.7 Å². The molecule has 148 valence electrons. The summed E-state index contributed by atoms with van der Waals surface area (Å²) in [6.45, 7) is 1.89. The van der Waals surface area contributed by atoms with E-state index in [4.69, 9.17) is 5.73 Å². The van der Waals surface area contributed by atoms with Crippen LogP contribution in [-0.4, -0.2) is 23.8 Å². The van der Waals surface area contributed by atoms with Gasteiger partial charge >= 0.3 is 0 Å². The second-order valence-corrected chi connectivity index (χ2v) is 7.68. The normalized spacial score (nSPS) is 12.6. The second kappa shape index (κ2) is 10.8. The minimum atomic E-state index is -0.810. The van der Waals surface area contributed by atoms with Crippen molar-refractivity contribution in [2.24, 2.45) is 5.73 Å². The summed E-state index contributed by atoms with van der Waals surface area (Å²) in [7, 11) is 0. The number of primary amides is 1. The lowest BCUT2D eigenvalue weighted by Crippen LogP contribution is -2.46. The molecule has 7 heteroatoms. The van der Waals surface area contributed by atoms with E-state index in [2.05, 4.69) is 33.2 Å². The molecule has 2 atom stereocenters. The van der Waals surface area contributed by atoms with Gasteiger partial charge in [-0.1, -0.05) is 48.5 Å². The summed E-state index contributed by atoms with van der Waals surface area (Å²) in [6, 6.07) is 16.2. The average molecular weight is 493 g/mol. The number of hydrogen-bond donors (Lipinski definition) is 3. The van der Waals surface area contributed by atoms with Gasteiger partial charge in [0.1, 0.15) is 6.04 Å². The van der Waals surface area contributed by atoms with Gasteiger partial charge in [-0.2, -0.15) is 0 Å². The molecule has 0 fully saturated rings. The molecule has 6 nitrogen and oxygen atoms in total. The summed E-state index contributed by atoms with van der Waals surface area (Å²) >= 11 is 2.17. The molecule has 2 aromatic rings. The van der Waals surface area contributed by atoms with Crippen LogP contribution in [-0.2, 0) is 20.8 Å². The van der Waals surface area contributed by atoms with Crippen LogP contribution in [0.2, 0.25) is 0 Å². The van der Waals surface area contributed by atoms with Crippen molar-refractivity contribution in [3.8, 4) is 0 Å². The Labute approximate surface area is 178 Å². The maximum absolute atomic E-state index is 12.2. The highest BCUT2D eigenvalue weighted by molar-refractivity contribution is 14.1. The van der Waals surface area contributed by atoms with Gasteiger partial charge in [-0.25, -0.2) is 0 Å². The van der Waals surface area contributed by atoms with Gasteiger partial charge in [0.25, 0.3) is 0 Å². The minimum Gasteiger partial charge on any atom is -0.368 e. The van der Waals surface area contributed by atoms with E-state index in [-0.39, 0.29) is 30.7 Å². The quantitative estimate of drug-likeness (QED) is 0.468. The van der Waals surface area contributed by atoms with E-state index in [1.807, 2.05) is 61.5 Å². The van der Waals surface area contributed by atoms with Crippen molar-refractivity contribution in [2.75, 3.05) is 0 Å². The topological polar surface area (TPSA) is 101 Å². The zero-order valence-corrected chi connectivity index (χ0v) is 17.8. The van der Waals surface area contributed by atoms with E-state index in [9.17, 15) is 14.4 Å². The lowest BCUT2D eigenvalue weighted by molar-refractivity contribution is -0.129. The van der Waals surface area contributed by atoms with Crippen LogP contribution < -0.4 is 16.4 Å². The first-order chi connectivity index (χ1) is 13.4. The van der Waals surface area contributed by atoms with Crippen LogP contribution in [0.3, 0.4) is 0 Å². The molecule has 2 rings (SSSR count). The number of rotatable bonds is 9. The van der Waals surface area contributed by atoms with Gasteiger partial charge in [-0.15, -0.1) is 0 Å². The Morgan fingerprint density at radius 1 is 0.929 bits per heavy atom.